The predicted octanol–water partition coefficient (Wildman–Crippen LogP) is 11.7. The van der Waals surface area contributed by atoms with Crippen LogP contribution in [-0.2, 0) is 28.7 Å². The molecule has 9 nitrogen and oxygen atoms in total. The lowest BCUT2D eigenvalue weighted by atomic mass is 10.0. The summed E-state index contributed by atoms with van der Waals surface area (Å²) >= 11 is 0. The van der Waals surface area contributed by atoms with Crippen molar-refractivity contribution in [2.45, 2.75) is 244 Å². The number of unbranched alkanes of at least 4 members (excludes halogenated alkanes) is 28. The van der Waals surface area contributed by atoms with Crippen LogP contribution in [0.25, 0.3) is 0 Å². The quantitative estimate of drug-likeness (QED) is 0.0410. The minimum Gasteiger partial charge on any atom is -0.481 e. The summed E-state index contributed by atoms with van der Waals surface area (Å²) in [5, 5.41) is 11.5. The van der Waals surface area contributed by atoms with Gasteiger partial charge in [0.1, 0.15) is 6.61 Å². The molecule has 0 aromatic heterocycles. The standard InChI is InChI=1S/C44H84N2O7.ClH/c1-3-5-7-9-11-13-15-17-19-21-23-25-27-29-31-33-42(49)52-38-39(37-46-44(51)40(45)35-36-41(47)48)53-43(50)34-32-30-28-26-24-22-20-18-16-14-12-10-8-6-4-2;/h39-40H,3-38,45H2,1-2H3,(H,46,51)(H,47,48);1H. The Labute approximate surface area is 337 Å². The van der Waals surface area contributed by atoms with Gasteiger partial charge in [-0.05, 0) is 19.3 Å². The van der Waals surface area contributed by atoms with Crippen LogP contribution in [0.3, 0.4) is 0 Å². The predicted molar refractivity (Wildman–Crippen MR) is 225 cm³/mol. The van der Waals surface area contributed by atoms with Crippen molar-refractivity contribution in [2.24, 2.45) is 5.73 Å². The van der Waals surface area contributed by atoms with Crippen molar-refractivity contribution in [3.05, 3.63) is 0 Å². The van der Waals surface area contributed by atoms with Crippen molar-refractivity contribution in [2.75, 3.05) is 13.2 Å². The highest BCUT2D eigenvalue weighted by Gasteiger charge is 2.21. The van der Waals surface area contributed by atoms with Crippen LogP contribution in [0.2, 0.25) is 0 Å². The number of nitrogens with one attached hydrogen (secondary N) is 1. The third-order valence-electron chi connectivity index (χ3n) is 10.2. The molecule has 10 heteroatoms. The van der Waals surface area contributed by atoms with Gasteiger partial charge in [-0.2, -0.15) is 0 Å². The van der Waals surface area contributed by atoms with Gasteiger partial charge < -0.3 is 25.6 Å². The lowest BCUT2D eigenvalue weighted by molar-refractivity contribution is -0.159. The van der Waals surface area contributed by atoms with Gasteiger partial charge in [-0.25, -0.2) is 0 Å². The Morgan fingerprint density at radius 2 is 0.852 bits per heavy atom. The first kappa shape index (κ1) is 54.2. The summed E-state index contributed by atoms with van der Waals surface area (Å²) in [6.45, 7) is 4.31. The summed E-state index contributed by atoms with van der Waals surface area (Å²) in [7, 11) is 0. The number of carboxylic acids is 1. The SMILES string of the molecule is CCCCCCCCCCCCCCCCCC(=O)OCC(CNC(=O)C(N)CCC(=O)O)OC(=O)CCCCCCCCCCCCCCCCC.Cl. The third-order valence-corrected chi connectivity index (χ3v) is 10.2. The molecule has 0 fully saturated rings. The van der Waals surface area contributed by atoms with Crippen LogP contribution in [-0.4, -0.2) is 54.2 Å². The maximum atomic E-state index is 12.7. The number of carboxylic acid groups (broad SMARTS) is 1. The van der Waals surface area contributed by atoms with Crippen LogP contribution in [0.15, 0.2) is 0 Å². The van der Waals surface area contributed by atoms with Crippen molar-refractivity contribution < 1.29 is 33.8 Å². The Kier molecular flexibility index (Phi) is 42.5. The van der Waals surface area contributed by atoms with Gasteiger partial charge in [-0.1, -0.05) is 194 Å². The van der Waals surface area contributed by atoms with Gasteiger partial charge in [0, 0.05) is 19.3 Å². The van der Waals surface area contributed by atoms with Gasteiger partial charge in [-0.15, -0.1) is 12.4 Å². The molecule has 2 unspecified atom stereocenters. The number of carbonyl (C=O) groups is 4. The number of rotatable bonds is 41. The van der Waals surface area contributed by atoms with E-state index in [0.717, 1.165) is 38.5 Å². The highest BCUT2D eigenvalue weighted by atomic mass is 35.5. The highest BCUT2D eigenvalue weighted by Crippen LogP contribution is 2.16. The van der Waals surface area contributed by atoms with Crippen molar-refractivity contribution in [3.63, 3.8) is 0 Å². The molecule has 0 aromatic rings. The first-order valence-electron chi connectivity index (χ1n) is 22.4. The monoisotopic (exact) mass is 789 g/mol. The maximum Gasteiger partial charge on any atom is 0.306 e. The number of aliphatic carboxylic acids is 1. The van der Waals surface area contributed by atoms with Crippen LogP contribution in [0, 0.1) is 0 Å². The van der Waals surface area contributed by atoms with E-state index in [-0.39, 0.29) is 56.8 Å². The van der Waals surface area contributed by atoms with Crippen LogP contribution < -0.4 is 11.1 Å². The van der Waals surface area contributed by atoms with Gasteiger partial charge in [-0.3, -0.25) is 19.2 Å². The van der Waals surface area contributed by atoms with Crippen LogP contribution >= 0.6 is 12.4 Å². The molecule has 0 aromatic carbocycles. The Bertz CT molecular complexity index is 876. The highest BCUT2D eigenvalue weighted by molar-refractivity contribution is 5.85. The number of halogens is 1. The Morgan fingerprint density at radius 1 is 0.519 bits per heavy atom. The number of amides is 1. The molecule has 320 valence electrons. The van der Waals surface area contributed by atoms with Gasteiger partial charge in [0.05, 0.1) is 12.6 Å². The summed E-state index contributed by atoms with van der Waals surface area (Å²) < 4.78 is 11.1. The molecular formula is C44H85ClN2O7. The van der Waals surface area contributed by atoms with Crippen molar-refractivity contribution in [3.8, 4) is 0 Å². The number of hydrogen-bond donors (Lipinski definition) is 3. The van der Waals surface area contributed by atoms with Crippen LogP contribution in [0.4, 0.5) is 0 Å². The van der Waals surface area contributed by atoms with Crippen LogP contribution in [0.5, 0.6) is 0 Å². The molecule has 0 radical (unpaired) electrons. The zero-order valence-corrected chi connectivity index (χ0v) is 35.8. The van der Waals surface area contributed by atoms with E-state index in [4.69, 9.17) is 20.3 Å². The smallest absolute Gasteiger partial charge is 0.306 e. The van der Waals surface area contributed by atoms with E-state index in [9.17, 15) is 19.2 Å². The zero-order chi connectivity index (χ0) is 39.0. The van der Waals surface area contributed by atoms with E-state index in [2.05, 4.69) is 19.2 Å². The van der Waals surface area contributed by atoms with E-state index in [1.165, 1.54) is 154 Å². The molecule has 54 heavy (non-hydrogen) atoms. The molecule has 0 rings (SSSR count). The van der Waals surface area contributed by atoms with Gasteiger partial charge in [0.2, 0.25) is 5.91 Å². The average molecular weight is 790 g/mol. The molecule has 0 heterocycles. The van der Waals surface area contributed by atoms with Crippen molar-refractivity contribution in [1.29, 1.82) is 0 Å². The number of ether oxygens (including phenoxy) is 2. The Balaban J connectivity index is 0. The van der Waals surface area contributed by atoms with Crippen LogP contribution in [0.1, 0.15) is 232 Å². The summed E-state index contributed by atoms with van der Waals surface area (Å²) in [5.74, 6) is -2.28. The fourth-order valence-corrected chi connectivity index (χ4v) is 6.67. The van der Waals surface area contributed by atoms with Crippen molar-refractivity contribution >= 4 is 36.2 Å². The first-order chi connectivity index (χ1) is 25.8. The maximum absolute atomic E-state index is 12.7. The molecular weight excluding hydrogens is 704 g/mol. The normalized spacial score (nSPS) is 12.1. The number of hydrogen-bond acceptors (Lipinski definition) is 7. The average Bonchev–Trinajstić information content (AvgIpc) is 3.14. The lowest BCUT2D eigenvalue weighted by Gasteiger charge is -2.20. The van der Waals surface area contributed by atoms with Gasteiger partial charge in [0.15, 0.2) is 6.10 Å². The Hall–Kier alpha value is -1.87. The van der Waals surface area contributed by atoms with E-state index >= 15 is 0 Å². The molecule has 0 aliphatic heterocycles. The molecule has 0 bridgehead atoms. The second-order valence-corrected chi connectivity index (χ2v) is 15.5. The molecule has 0 saturated heterocycles. The largest absolute Gasteiger partial charge is 0.481 e. The fraction of sp³-hybridized carbons (Fsp3) is 0.909. The first-order valence-corrected chi connectivity index (χ1v) is 22.4. The van der Waals surface area contributed by atoms with E-state index < -0.39 is 24.0 Å². The molecule has 0 saturated carbocycles. The minimum atomic E-state index is -1.03. The molecule has 4 N–H and O–H groups in total. The topological polar surface area (TPSA) is 145 Å². The number of esters is 2. The van der Waals surface area contributed by atoms with Gasteiger partial charge >= 0.3 is 17.9 Å². The van der Waals surface area contributed by atoms with E-state index in [1.54, 1.807) is 0 Å². The molecule has 2 atom stereocenters. The fourth-order valence-electron chi connectivity index (χ4n) is 6.67. The molecule has 0 aliphatic carbocycles. The second-order valence-electron chi connectivity index (χ2n) is 15.5. The zero-order valence-electron chi connectivity index (χ0n) is 35.0. The second kappa shape index (κ2) is 42.3. The van der Waals surface area contributed by atoms with Crippen molar-refractivity contribution in [1.82, 2.24) is 5.32 Å². The summed E-state index contributed by atoms with van der Waals surface area (Å²) in [6.07, 6.45) is 37.0. The van der Waals surface area contributed by atoms with E-state index in [1.807, 2.05) is 0 Å². The van der Waals surface area contributed by atoms with Gasteiger partial charge in [0.25, 0.3) is 0 Å². The third kappa shape index (κ3) is 39.8. The summed E-state index contributed by atoms with van der Waals surface area (Å²) in [5.41, 5.74) is 5.82. The minimum absolute atomic E-state index is 0. The molecule has 1 amide bonds. The Morgan fingerprint density at radius 3 is 1.20 bits per heavy atom. The summed E-state index contributed by atoms with van der Waals surface area (Å²) in [6, 6.07) is -0.990. The number of carbonyl (C=O) groups excluding carboxylic acids is 3. The molecule has 0 aliphatic rings. The summed E-state index contributed by atoms with van der Waals surface area (Å²) in [4.78, 5) is 48.4. The lowest BCUT2D eigenvalue weighted by Crippen LogP contribution is -2.45. The number of nitrogens with two attached hydrogens (primary N) is 1. The molecule has 0 spiro atoms. The van der Waals surface area contributed by atoms with E-state index in [0.29, 0.717) is 6.42 Å².